The van der Waals surface area contributed by atoms with Crippen molar-refractivity contribution in [2.75, 3.05) is 0 Å². The van der Waals surface area contributed by atoms with Crippen molar-refractivity contribution in [3.05, 3.63) is 46.0 Å². The van der Waals surface area contributed by atoms with Crippen LogP contribution in [0.3, 0.4) is 0 Å². The number of ether oxygens (including phenoxy) is 1. The van der Waals surface area contributed by atoms with Crippen molar-refractivity contribution in [3.8, 4) is 5.75 Å². The Kier molecular flexibility index (Phi) is 4.63. The lowest BCUT2D eigenvalue weighted by Gasteiger charge is -2.08. The summed E-state index contributed by atoms with van der Waals surface area (Å²) in [5.41, 5.74) is 1.78. The van der Waals surface area contributed by atoms with Gasteiger partial charge in [0.2, 0.25) is 0 Å². The first kappa shape index (κ1) is 15.5. The standard InChI is InChI=1S/C15H16ClFN2O2/c1-4-12-15(16)13(19(3)18-12)8-21-14-6-5-10(9(2)20)7-11(14)17/h5-7H,4,8H2,1-3H3. The highest BCUT2D eigenvalue weighted by atomic mass is 35.5. The van der Waals surface area contributed by atoms with E-state index in [2.05, 4.69) is 5.10 Å². The van der Waals surface area contributed by atoms with Crippen molar-refractivity contribution < 1.29 is 13.9 Å². The average Bonchev–Trinajstić information content (AvgIpc) is 2.72. The monoisotopic (exact) mass is 310 g/mol. The van der Waals surface area contributed by atoms with Gasteiger partial charge in [0.25, 0.3) is 0 Å². The number of hydrogen-bond donors (Lipinski definition) is 0. The Hall–Kier alpha value is -1.88. The van der Waals surface area contributed by atoms with Gasteiger partial charge in [0, 0.05) is 12.6 Å². The van der Waals surface area contributed by atoms with E-state index in [9.17, 15) is 9.18 Å². The summed E-state index contributed by atoms with van der Waals surface area (Å²) in [5, 5.41) is 4.81. The number of carbonyl (C=O) groups excluding carboxylic acids is 1. The summed E-state index contributed by atoms with van der Waals surface area (Å²) in [6.07, 6.45) is 0.717. The molecule has 1 aromatic carbocycles. The predicted octanol–water partition coefficient (Wildman–Crippen LogP) is 3.56. The number of halogens is 2. The third-order valence-corrected chi connectivity index (χ3v) is 3.64. The Morgan fingerprint density at radius 3 is 2.71 bits per heavy atom. The zero-order chi connectivity index (χ0) is 15.6. The van der Waals surface area contributed by atoms with E-state index in [4.69, 9.17) is 16.3 Å². The van der Waals surface area contributed by atoms with Gasteiger partial charge in [-0.25, -0.2) is 4.39 Å². The van der Waals surface area contributed by atoms with Crippen LogP contribution in [0.2, 0.25) is 5.02 Å². The summed E-state index contributed by atoms with van der Waals surface area (Å²) in [6, 6.07) is 4.14. The molecule has 0 fully saturated rings. The van der Waals surface area contributed by atoms with Crippen molar-refractivity contribution >= 4 is 17.4 Å². The molecule has 2 rings (SSSR count). The first-order valence-electron chi connectivity index (χ1n) is 6.57. The second-order valence-electron chi connectivity index (χ2n) is 4.67. The zero-order valence-corrected chi connectivity index (χ0v) is 12.9. The maximum Gasteiger partial charge on any atom is 0.165 e. The van der Waals surface area contributed by atoms with Gasteiger partial charge in [-0.3, -0.25) is 9.48 Å². The van der Waals surface area contributed by atoms with E-state index in [1.54, 1.807) is 11.7 Å². The number of nitrogens with zero attached hydrogens (tertiary/aromatic N) is 2. The van der Waals surface area contributed by atoms with Gasteiger partial charge in [-0.15, -0.1) is 0 Å². The maximum absolute atomic E-state index is 13.9. The van der Waals surface area contributed by atoms with Crippen LogP contribution in [0, 0.1) is 5.82 Å². The van der Waals surface area contributed by atoms with E-state index in [1.807, 2.05) is 6.92 Å². The summed E-state index contributed by atoms with van der Waals surface area (Å²) >= 11 is 6.20. The van der Waals surface area contributed by atoms with Gasteiger partial charge >= 0.3 is 0 Å². The molecule has 4 nitrogen and oxygen atoms in total. The van der Waals surface area contributed by atoms with Gasteiger partial charge in [-0.1, -0.05) is 18.5 Å². The van der Waals surface area contributed by atoms with Crippen molar-refractivity contribution in [1.82, 2.24) is 9.78 Å². The summed E-state index contributed by atoms with van der Waals surface area (Å²) < 4.78 is 20.9. The van der Waals surface area contributed by atoms with Crippen LogP contribution in [0.4, 0.5) is 4.39 Å². The van der Waals surface area contributed by atoms with Gasteiger partial charge in [-0.05, 0) is 31.5 Å². The fourth-order valence-corrected chi connectivity index (χ4v) is 2.31. The van der Waals surface area contributed by atoms with E-state index in [0.717, 1.165) is 5.69 Å². The molecule has 0 aliphatic carbocycles. The molecule has 0 atom stereocenters. The number of benzene rings is 1. The van der Waals surface area contributed by atoms with Gasteiger partial charge in [-0.2, -0.15) is 5.10 Å². The largest absolute Gasteiger partial charge is 0.484 e. The Bertz CT molecular complexity index is 683. The molecule has 0 aliphatic heterocycles. The summed E-state index contributed by atoms with van der Waals surface area (Å²) in [4.78, 5) is 11.2. The third-order valence-electron chi connectivity index (χ3n) is 3.21. The molecule has 0 saturated heterocycles. The van der Waals surface area contributed by atoms with Crippen molar-refractivity contribution in [2.45, 2.75) is 26.9 Å². The zero-order valence-electron chi connectivity index (χ0n) is 12.1. The van der Waals surface area contributed by atoms with Crippen LogP contribution in [0.5, 0.6) is 5.75 Å². The van der Waals surface area contributed by atoms with Crippen molar-refractivity contribution in [1.29, 1.82) is 0 Å². The van der Waals surface area contributed by atoms with Crippen LogP contribution in [0.1, 0.15) is 35.6 Å². The molecule has 0 radical (unpaired) electrons. The van der Waals surface area contributed by atoms with Gasteiger partial charge < -0.3 is 4.74 Å². The summed E-state index contributed by atoms with van der Waals surface area (Å²) in [5.74, 6) is -0.685. The Morgan fingerprint density at radius 1 is 1.48 bits per heavy atom. The van der Waals surface area contributed by atoms with Crippen LogP contribution in [0.25, 0.3) is 0 Å². The number of Topliss-reactive ketones (excluding diaryl/α,β-unsaturated/α-hetero) is 1. The van der Waals surface area contributed by atoms with E-state index in [0.29, 0.717) is 22.7 Å². The molecule has 0 aliphatic rings. The minimum atomic E-state index is -0.572. The minimum Gasteiger partial charge on any atom is -0.484 e. The van der Waals surface area contributed by atoms with Gasteiger partial charge in [0.05, 0.1) is 16.4 Å². The van der Waals surface area contributed by atoms with Gasteiger partial charge in [0.1, 0.15) is 6.61 Å². The Balaban J connectivity index is 2.17. The Labute approximate surface area is 127 Å². The van der Waals surface area contributed by atoms with Crippen LogP contribution >= 0.6 is 11.6 Å². The first-order chi connectivity index (χ1) is 9.93. The van der Waals surface area contributed by atoms with Gasteiger partial charge in [0.15, 0.2) is 17.3 Å². The smallest absolute Gasteiger partial charge is 0.165 e. The lowest BCUT2D eigenvalue weighted by atomic mass is 10.1. The maximum atomic E-state index is 13.9. The molecule has 0 spiro atoms. The lowest BCUT2D eigenvalue weighted by molar-refractivity contribution is 0.101. The number of carbonyl (C=O) groups is 1. The molecular weight excluding hydrogens is 295 g/mol. The number of rotatable bonds is 5. The quantitative estimate of drug-likeness (QED) is 0.793. The molecule has 0 N–H and O–H groups in total. The minimum absolute atomic E-state index is 0.0790. The fraction of sp³-hybridized carbons (Fsp3) is 0.333. The fourth-order valence-electron chi connectivity index (χ4n) is 1.96. The molecule has 0 unspecified atom stereocenters. The third kappa shape index (κ3) is 3.24. The Morgan fingerprint density at radius 2 is 2.19 bits per heavy atom. The van der Waals surface area contributed by atoms with E-state index < -0.39 is 5.82 Å². The molecule has 0 amide bonds. The normalized spacial score (nSPS) is 10.7. The second-order valence-corrected chi connectivity index (χ2v) is 5.05. The second kappa shape index (κ2) is 6.26. The average molecular weight is 311 g/mol. The summed E-state index contributed by atoms with van der Waals surface area (Å²) in [6.45, 7) is 3.45. The molecule has 0 saturated carbocycles. The first-order valence-corrected chi connectivity index (χ1v) is 6.95. The van der Waals surface area contributed by atoms with Crippen LogP contribution < -0.4 is 4.74 Å². The predicted molar refractivity (Wildman–Crippen MR) is 78.3 cm³/mol. The molecule has 6 heteroatoms. The number of aromatic nitrogens is 2. The van der Waals surface area contributed by atoms with Crippen molar-refractivity contribution in [3.63, 3.8) is 0 Å². The molecular formula is C15H16ClFN2O2. The molecule has 21 heavy (non-hydrogen) atoms. The lowest BCUT2D eigenvalue weighted by Crippen LogP contribution is -2.05. The van der Waals surface area contributed by atoms with Crippen LogP contribution in [0.15, 0.2) is 18.2 Å². The summed E-state index contributed by atoms with van der Waals surface area (Å²) in [7, 11) is 1.76. The van der Waals surface area contributed by atoms with Crippen LogP contribution in [-0.2, 0) is 20.1 Å². The van der Waals surface area contributed by atoms with Crippen LogP contribution in [-0.4, -0.2) is 15.6 Å². The van der Waals surface area contributed by atoms with E-state index >= 15 is 0 Å². The molecule has 0 bridgehead atoms. The highest BCUT2D eigenvalue weighted by Gasteiger charge is 2.14. The topological polar surface area (TPSA) is 44.1 Å². The van der Waals surface area contributed by atoms with E-state index in [-0.39, 0.29) is 18.1 Å². The molecule has 112 valence electrons. The van der Waals surface area contributed by atoms with Crippen molar-refractivity contribution in [2.24, 2.45) is 7.05 Å². The molecule has 1 aromatic heterocycles. The number of aryl methyl sites for hydroxylation is 2. The number of ketones is 1. The highest BCUT2D eigenvalue weighted by Crippen LogP contribution is 2.24. The molecule has 1 heterocycles. The SMILES string of the molecule is CCc1nn(C)c(COc2ccc(C(C)=O)cc2F)c1Cl. The molecule has 2 aromatic rings. The number of hydrogen-bond acceptors (Lipinski definition) is 3. The van der Waals surface area contributed by atoms with E-state index in [1.165, 1.54) is 25.1 Å². The highest BCUT2D eigenvalue weighted by molar-refractivity contribution is 6.31.